The van der Waals surface area contributed by atoms with Gasteiger partial charge < -0.3 is 11.1 Å². The first kappa shape index (κ1) is 12.1. The van der Waals surface area contributed by atoms with Crippen LogP contribution in [-0.2, 0) is 0 Å². The predicted octanol–water partition coefficient (Wildman–Crippen LogP) is 0.672. The first-order chi connectivity index (χ1) is 7.54. The van der Waals surface area contributed by atoms with Gasteiger partial charge in [-0.25, -0.2) is 0 Å². The van der Waals surface area contributed by atoms with Gasteiger partial charge in [0.15, 0.2) is 0 Å². The number of amides is 1. The Hall–Kier alpha value is -1.95. The van der Waals surface area contributed by atoms with Crippen LogP contribution in [0.2, 0.25) is 0 Å². The van der Waals surface area contributed by atoms with Gasteiger partial charge in [0.05, 0.1) is 4.92 Å². The molecule has 0 saturated carbocycles. The van der Waals surface area contributed by atoms with Crippen LogP contribution in [0.4, 0.5) is 5.69 Å². The molecule has 3 N–H and O–H groups in total. The highest BCUT2D eigenvalue weighted by Gasteiger charge is 2.12. The molecular weight excluding hydrogens is 210 g/mol. The molecule has 1 rings (SSSR count). The second kappa shape index (κ2) is 5.22. The van der Waals surface area contributed by atoms with E-state index in [1.54, 1.807) is 6.92 Å². The van der Waals surface area contributed by atoms with E-state index in [0.29, 0.717) is 6.54 Å². The van der Waals surface area contributed by atoms with E-state index >= 15 is 0 Å². The third kappa shape index (κ3) is 3.03. The minimum absolute atomic E-state index is 0.104. The number of carbonyl (C=O) groups is 1. The molecule has 0 unspecified atom stereocenters. The van der Waals surface area contributed by atoms with Crippen LogP contribution in [0.3, 0.4) is 0 Å². The van der Waals surface area contributed by atoms with Crippen LogP contribution >= 0.6 is 0 Å². The van der Waals surface area contributed by atoms with Crippen molar-refractivity contribution in [2.75, 3.05) is 6.54 Å². The summed E-state index contributed by atoms with van der Waals surface area (Å²) in [5.41, 5.74) is 5.51. The van der Waals surface area contributed by atoms with Gasteiger partial charge in [0.1, 0.15) is 0 Å². The average molecular weight is 223 g/mol. The minimum atomic E-state index is -0.539. The van der Waals surface area contributed by atoms with Gasteiger partial charge in [-0.3, -0.25) is 14.9 Å². The summed E-state index contributed by atoms with van der Waals surface area (Å²) in [5.74, 6) is -0.360. The number of rotatable bonds is 4. The Balaban J connectivity index is 2.83. The summed E-state index contributed by atoms with van der Waals surface area (Å²) in [7, 11) is 0. The van der Waals surface area contributed by atoms with Gasteiger partial charge in [-0.05, 0) is 13.0 Å². The first-order valence-electron chi connectivity index (χ1n) is 4.80. The van der Waals surface area contributed by atoms with Crippen LogP contribution in [-0.4, -0.2) is 23.4 Å². The number of nitro groups is 1. The van der Waals surface area contributed by atoms with E-state index in [4.69, 9.17) is 5.73 Å². The summed E-state index contributed by atoms with van der Waals surface area (Å²) in [4.78, 5) is 21.6. The fraction of sp³-hybridized carbons (Fsp3) is 0.300. The predicted molar refractivity (Wildman–Crippen MR) is 59.1 cm³/mol. The third-order valence-electron chi connectivity index (χ3n) is 2.05. The van der Waals surface area contributed by atoms with E-state index in [-0.39, 0.29) is 23.2 Å². The van der Waals surface area contributed by atoms with Crippen LogP contribution in [0, 0.1) is 10.1 Å². The Morgan fingerprint density at radius 3 is 2.88 bits per heavy atom. The van der Waals surface area contributed by atoms with Gasteiger partial charge in [0.2, 0.25) is 0 Å². The monoisotopic (exact) mass is 223 g/mol. The van der Waals surface area contributed by atoms with Gasteiger partial charge in [-0.15, -0.1) is 0 Å². The highest BCUT2D eigenvalue weighted by molar-refractivity contribution is 5.94. The summed E-state index contributed by atoms with van der Waals surface area (Å²) in [6.07, 6.45) is 0. The number of nitrogens with zero attached hydrogens (tertiary/aromatic N) is 1. The molecule has 0 aliphatic rings. The zero-order valence-corrected chi connectivity index (χ0v) is 8.84. The molecule has 86 valence electrons. The van der Waals surface area contributed by atoms with Gasteiger partial charge >= 0.3 is 0 Å². The number of hydrogen-bond acceptors (Lipinski definition) is 4. The number of nitrogens with one attached hydrogen (secondary N) is 1. The van der Waals surface area contributed by atoms with Crippen LogP contribution in [0.5, 0.6) is 0 Å². The molecule has 0 heterocycles. The average Bonchev–Trinajstić information content (AvgIpc) is 2.28. The van der Waals surface area contributed by atoms with Crippen molar-refractivity contribution >= 4 is 11.6 Å². The van der Waals surface area contributed by atoms with Gasteiger partial charge in [-0.1, -0.05) is 6.07 Å². The molecule has 1 atom stereocenters. The molecule has 6 nitrogen and oxygen atoms in total. The maximum Gasteiger partial charge on any atom is 0.270 e. The summed E-state index contributed by atoms with van der Waals surface area (Å²) < 4.78 is 0. The number of hydrogen-bond donors (Lipinski definition) is 2. The molecule has 0 spiro atoms. The topological polar surface area (TPSA) is 98.3 Å². The van der Waals surface area contributed by atoms with Crippen molar-refractivity contribution in [2.24, 2.45) is 5.73 Å². The highest BCUT2D eigenvalue weighted by Crippen LogP contribution is 2.12. The smallest absolute Gasteiger partial charge is 0.270 e. The maximum atomic E-state index is 11.6. The summed E-state index contributed by atoms with van der Waals surface area (Å²) in [6.45, 7) is 2.08. The Labute approximate surface area is 92.6 Å². The molecule has 1 aromatic rings. The molecule has 0 aromatic heterocycles. The van der Waals surface area contributed by atoms with Crippen LogP contribution in [0.1, 0.15) is 17.3 Å². The Morgan fingerprint density at radius 2 is 2.31 bits per heavy atom. The van der Waals surface area contributed by atoms with Crippen LogP contribution < -0.4 is 11.1 Å². The highest BCUT2D eigenvalue weighted by atomic mass is 16.6. The second-order valence-electron chi connectivity index (χ2n) is 3.42. The van der Waals surface area contributed by atoms with Crippen molar-refractivity contribution in [3.05, 3.63) is 39.9 Å². The summed E-state index contributed by atoms with van der Waals surface area (Å²) in [5, 5.41) is 13.1. The number of benzene rings is 1. The number of carbonyl (C=O) groups excluding carboxylic acids is 1. The Bertz CT molecular complexity index is 406. The Morgan fingerprint density at radius 1 is 1.62 bits per heavy atom. The molecule has 6 heteroatoms. The van der Waals surface area contributed by atoms with Crippen LogP contribution in [0.25, 0.3) is 0 Å². The molecule has 0 aliphatic carbocycles. The molecular formula is C10H13N3O3. The first-order valence-corrected chi connectivity index (χ1v) is 4.80. The van der Waals surface area contributed by atoms with Crippen molar-refractivity contribution in [3.8, 4) is 0 Å². The Kier molecular flexibility index (Phi) is 3.96. The lowest BCUT2D eigenvalue weighted by Crippen LogP contribution is -2.37. The molecule has 1 amide bonds. The lowest BCUT2D eigenvalue weighted by molar-refractivity contribution is -0.384. The molecule has 0 saturated heterocycles. The van der Waals surface area contributed by atoms with Crippen molar-refractivity contribution in [1.82, 2.24) is 5.32 Å². The maximum absolute atomic E-state index is 11.6. The lowest BCUT2D eigenvalue weighted by Gasteiger charge is -2.10. The summed E-state index contributed by atoms with van der Waals surface area (Å²) >= 11 is 0. The molecule has 0 fully saturated rings. The molecule has 0 aliphatic heterocycles. The quantitative estimate of drug-likeness (QED) is 0.579. The molecule has 1 aromatic carbocycles. The van der Waals surface area contributed by atoms with Crippen molar-refractivity contribution in [3.63, 3.8) is 0 Å². The minimum Gasteiger partial charge on any atom is -0.348 e. The van der Waals surface area contributed by atoms with Gasteiger partial charge in [0.25, 0.3) is 11.6 Å². The van der Waals surface area contributed by atoms with E-state index in [2.05, 4.69) is 5.32 Å². The molecule has 0 bridgehead atoms. The normalized spacial score (nSPS) is 11.9. The number of nitro benzene ring substituents is 1. The van der Waals surface area contributed by atoms with E-state index in [9.17, 15) is 14.9 Å². The van der Waals surface area contributed by atoms with Gasteiger partial charge in [-0.2, -0.15) is 0 Å². The molecule has 16 heavy (non-hydrogen) atoms. The van der Waals surface area contributed by atoms with Crippen molar-refractivity contribution < 1.29 is 9.72 Å². The number of non-ortho nitro benzene ring substituents is 1. The summed E-state index contributed by atoms with van der Waals surface area (Å²) in [6, 6.07) is 5.40. The van der Waals surface area contributed by atoms with Crippen molar-refractivity contribution in [1.29, 1.82) is 0 Å². The largest absolute Gasteiger partial charge is 0.348 e. The SMILES string of the molecule is C[C@@H](CN)NC(=O)c1cccc([N+](=O)[O-])c1. The van der Waals surface area contributed by atoms with E-state index in [1.165, 1.54) is 24.3 Å². The lowest BCUT2D eigenvalue weighted by atomic mass is 10.2. The standard InChI is InChI=1S/C10H13N3O3/c1-7(6-11)12-10(14)8-3-2-4-9(5-8)13(15)16/h2-5,7H,6,11H2,1H3,(H,12,14)/t7-/m0/s1. The van der Waals surface area contributed by atoms with E-state index < -0.39 is 4.92 Å². The van der Waals surface area contributed by atoms with Gasteiger partial charge in [0, 0.05) is 30.3 Å². The van der Waals surface area contributed by atoms with Crippen LogP contribution in [0.15, 0.2) is 24.3 Å². The zero-order chi connectivity index (χ0) is 12.1. The second-order valence-corrected chi connectivity index (χ2v) is 3.42. The van der Waals surface area contributed by atoms with Crippen molar-refractivity contribution in [2.45, 2.75) is 13.0 Å². The fourth-order valence-electron chi connectivity index (χ4n) is 1.13. The fourth-order valence-corrected chi connectivity index (χ4v) is 1.13. The number of nitrogens with two attached hydrogens (primary N) is 1. The zero-order valence-electron chi connectivity index (χ0n) is 8.84. The van der Waals surface area contributed by atoms with E-state index in [1.807, 2.05) is 0 Å². The molecule has 0 radical (unpaired) electrons. The van der Waals surface area contributed by atoms with E-state index in [0.717, 1.165) is 0 Å². The third-order valence-corrected chi connectivity index (χ3v) is 2.05.